The Labute approximate surface area is 84.0 Å². The van der Waals surface area contributed by atoms with Crippen LogP contribution in [0.25, 0.3) is 4.85 Å². The third-order valence-electron chi connectivity index (χ3n) is 2.55. The van der Waals surface area contributed by atoms with E-state index in [1.165, 1.54) is 0 Å². The van der Waals surface area contributed by atoms with Gasteiger partial charge in [-0.2, -0.15) is 0 Å². The predicted molar refractivity (Wildman–Crippen MR) is 57.5 cm³/mol. The first kappa shape index (κ1) is 9.04. The van der Waals surface area contributed by atoms with Gasteiger partial charge in [-0.15, -0.1) is 0 Å². The van der Waals surface area contributed by atoms with E-state index < -0.39 is 0 Å². The minimum atomic E-state index is 0.284. The molecule has 0 spiro atoms. The van der Waals surface area contributed by atoms with Gasteiger partial charge in [0.25, 0.3) is 0 Å². The number of nitrogens with zero attached hydrogens (tertiary/aromatic N) is 2. The Hall–Kier alpha value is -1.53. The van der Waals surface area contributed by atoms with Gasteiger partial charge in [-0.1, -0.05) is 12.1 Å². The molecule has 0 radical (unpaired) electrons. The molecular weight excluding hydrogens is 174 g/mol. The van der Waals surface area contributed by atoms with Crippen molar-refractivity contribution in [3.63, 3.8) is 0 Å². The van der Waals surface area contributed by atoms with E-state index in [0.717, 1.165) is 25.2 Å². The SMILES string of the molecule is [C-]#[N+]c1cccc(N2CC[C@@H](N)C2)c1. The first-order valence-electron chi connectivity index (χ1n) is 4.77. The van der Waals surface area contributed by atoms with Gasteiger partial charge in [-0.3, -0.25) is 0 Å². The molecule has 0 unspecified atom stereocenters. The zero-order valence-electron chi connectivity index (χ0n) is 7.98. The van der Waals surface area contributed by atoms with Crippen molar-refractivity contribution in [2.24, 2.45) is 5.73 Å². The predicted octanol–water partition coefficient (Wildman–Crippen LogP) is 1.77. The van der Waals surface area contributed by atoms with Crippen LogP contribution in [0.1, 0.15) is 6.42 Å². The van der Waals surface area contributed by atoms with Crippen LogP contribution in [0.2, 0.25) is 0 Å². The normalized spacial score (nSPS) is 20.9. The fourth-order valence-electron chi connectivity index (χ4n) is 1.78. The lowest BCUT2D eigenvalue weighted by atomic mass is 10.2. The number of rotatable bonds is 1. The first-order valence-corrected chi connectivity index (χ1v) is 4.77. The lowest BCUT2D eigenvalue weighted by Crippen LogP contribution is -2.26. The molecule has 2 rings (SSSR count). The summed E-state index contributed by atoms with van der Waals surface area (Å²) in [5.74, 6) is 0. The van der Waals surface area contributed by atoms with Crippen molar-refractivity contribution in [1.29, 1.82) is 0 Å². The summed E-state index contributed by atoms with van der Waals surface area (Å²) in [7, 11) is 0. The lowest BCUT2D eigenvalue weighted by molar-refractivity contribution is 0.752. The van der Waals surface area contributed by atoms with Gasteiger partial charge in [0.05, 0.1) is 6.57 Å². The molecule has 0 aliphatic carbocycles. The molecule has 0 saturated carbocycles. The highest BCUT2D eigenvalue weighted by molar-refractivity contribution is 5.59. The summed E-state index contributed by atoms with van der Waals surface area (Å²) >= 11 is 0. The Kier molecular flexibility index (Phi) is 2.38. The van der Waals surface area contributed by atoms with Crippen molar-refractivity contribution in [2.75, 3.05) is 18.0 Å². The van der Waals surface area contributed by atoms with Gasteiger partial charge >= 0.3 is 0 Å². The Morgan fingerprint density at radius 1 is 1.50 bits per heavy atom. The van der Waals surface area contributed by atoms with Crippen molar-refractivity contribution in [3.05, 3.63) is 35.7 Å². The van der Waals surface area contributed by atoms with Crippen molar-refractivity contribution >= 4 is 11.4 Å². The molecule has 72 valence electrons. The number of benzene rings is 1. The molecule has 3 heteroatoms. The molecule has 1 heterocycles. The summed E-state index contributed by atoms with van der Waals surface area (Å²) in [6.45, 7) is 8.84. The van der Waals surface area contributed by atoms with Crippen LogP contribution in [-0.4, -0.2) is 19.1 Å². The second kappa shape index (κ2) is 3.69. The van der Waals surface area contributed by atoms with Gasteiger partial charge in [0.1, 0.15) is 0 Å². The highest BCUT2D eigenvalue weighted by Gasteiger charge is 2.18. The molecule has 1 aliphatic rings. The number of nitrogens with two attached hydrogens (primary N) is 1. The summed E-state index contributed by atoms with van der Waals surface area (Å²) in [6.07, 6.45) is 1.04. The molecule has 1 atom stereocenters. The third kappa shape index (κ3) is 1.70. The highest BCUT2D eigenvalue weighted by atomic mass is 15.2. The summed E-state index contributed by atoms with van der Waals surface area (Å²) in [6, 6.07) is 7.99. The van der Waals surface area contributed by atoms with E-state index in [0.29, 0.717) is 5.69 Å². The molecule has 0 aromatic heterocycles. The molecule has 1 aromatic carbocycles. The Balaban J connectivity index is 2.20. The van der Waals surface area contributed by atoms with Crippen LogP contribution in [0.5, 0.6) is 0 Å². The van der Waals surface area contributed by atoms with Crippen LogP contribution in [0.4, 0.5) is 11.4 Å². The van der Waals surface area contributed by atoms with Crippen LogP contribution in [0, 0.1) is 6.57 Å². The molecule has 14 heavy (non-hydrogen) atoms. The zero-order valence-corrected chi connectivity index (χ0v) is 7.98. The van der Waals surface area contributed by atoms with E-state index in [2.05, 4.69) is 9.74 Å². The minimum Gasteiger partial charge on any atom is -0.371 e. The van der Waals surface area contributed by atoms with Crippen molar-refractivity contribution in [2.45, 2.75) is 12.5 Å². The van der Waals surface area contributed by atoms with Crippen molar-refractivity contribution < 1.29 is 0 Å². The Morgan fingerprint density at radius 3 is 3.00 bits per heavy atom. The molecule has 2 N–H and O–H groups in total. The molecule has 1 saturated heterocycles. The van der Waals surface area contributed by atoms with E-state index in [9.17, 15) is 0 Å². The van der Waals surface area contributed by atoms with Gasteiger partial charge in [0.2, 0.25) is 0 Å². The second-order valence-electron chi connectivity index (χ2n) is 3.63. The van der Waals surface area contributed by atoms with E-state index in [1.54, 1.807) is 0 Å². The van der Waals surface area contributed by atoms with Crippen LogP contribution >= 0.6 is 0 Å². The molecule has 0 bridgehead atoms. The largest absolute Gasteiger partial charge is 0.371 e. The summed E-state index contributed by atoms with van der Waals surface area (Å²) in [5.41, 5.74) is 7.65. The standard InChI is InChI=1S/C11H13N3/c1-13-10-3-2-4-11(7-10)14-6-5-9(12)8-14/h2-4,7,9H,5-6,8,12H2/t9-/m1/s1. The topological polar surface area (TPSA) is 33.6 Å². The number of anilines is 1. The van der Waals surface area contributed by atoms with Gasteiger partial charge < -0.3 is 10.6 Å². The van der Waals surface area contributed by atoms with Crippen LogP contribution in [-0.2, 0) is 0 Å². The molecule has 1 aromatic rings. The average Bonchev–Trinajstić information content (AvgIpc) is 2.65. The van der Waals surface area contributed by atoms with Crippen molar-refractivity contribution in [1.82, 2.24) is 0 Å². The lowest BCUT2D eigenvalue weighted by Gasteiger charge is -2.18. The molecular formula is C11H13N3. The number of hydrogen-bond donors (Lipinski definition) is 1. The van der Waals surface area contributed by atoms with Crippen LogP contribution in [0.15, 0.2) is 24.3 Å². The Bertz CT molecular complexity index is 367. The van der Waals surface area contributed by atoms with E-state index >= 15 is 0 Å². The molecule has 0 amide bonds. The van der Waals surface area contributed by atoms with Gasteiger partial charge in [-0.05, 0) is 18.6 Å². The summed E-state index contributed by atoms with van der Waals surface area (Å²) in [5, 5.41) is 0. The smallest absolute Gasteiger partial charge is 0.189 e. The van der Waals surface area contributed by atoms with Gasteiger partial charge in [0, 0.05) is 24.8 Å². The van der Waals surface area contributed by atoms with E-state index in [1.807, 2.05) is 24.3 Å². The van der Waals surface area contributed by atoms with Crippen molar-refractivity contribution in [3.8, 4) is 0 Å². The monoisotopic (exact) mass is 187 g/mol. The fraction of sp³-hybridized carbons (Fsp3) is 0.364. The average molecular weight is 187 g/mol. The third-order valence-corrected chi connectivity index (χ3v) is 2.55. The van der Waals surface area contributed by atoms with E-state index in [-0.39, 0.29) is 6.04 Å². The zero-order chi connectivity index (χ0) is 9.97. The minimum absolute atomic E-state index is 0.284. The maximum absolute atomic E-state index is 6.93. The maximum Gasteiger partial charge on any atom is 0.189 e. The second-order valence-corrected chi connectivity index (χ2v) is 3.63. The summed E-state index contributed by atoms with van der Waals surface area (Å²) < 4.78 is 0. The Morgan fingerprint density at radius 2 is 2.36 bits per heavy atom. The van der Waals surface area contributed by atoms with E-state index in [4.69, 9.17) is 12.3 Å². The first-order chi connectivity index (χ1) is 6.79. The molecule has 1 fully saturated rings. The van der Waals surface area contributed by atoms with Crippen LogP contribution < -0.4 is 10.6 Å². The maximum atomic E-state index is 6.93. The van der Waals surface area contributed by atoms with Gasteiger partial charge in [-0.25, -0.2) is 4.85 Å². The number of hydrogen-bond acceptors (Lipinski definition) is 2. The molecule has 1 aliphatic heterocycles. The van der Waals surface area contributed by atoms with Crippen LogP contribution in [0.3, 0.4) is 0 Å². The quantitative estimate of drug-likeness (QED) is 0.680. The summed E-state index contributed by atoms with van der Waals surface area (Å²) in [4.78, 5) is 5.65. The fourth-order valence-corrected chi connectivity index (χ4v) is 1.78. The highest BCUT2D eigenvalue weighted by Crippen LogP contribution is 2.24. The molecule has 3 nitrogen and oxygen atoms in total. The van der Waals surface area contributed by atoms with Gasteiger partial charge in [0.15, 0.2) is 5.69 Å².